The van der Waals surface area contributed by atoms with E-state index in [0.29, 0.717) is 48.0 Å². The summed E-state index contributed by atoms with van der Waals surface area (Å²) in [4.78, 5) is 20.7. The van der Waals surface area contributed by atoms with Crippen LogP contribution >= 0.6 is 0 Å². The second-order valence-corrected chi connectivity index (χ2v) is 12.6. The minimum atomic E-state index is -3.70. The minimum Gasteiger partial charge on any atom is -0.487 e. The maximum atomic E-state index is 12.7. The first-order chi connectivity index (χ1) is 20.1. The first kappa shape index (κ1) is 27.8. The summed E-state index contributed by atoms with van der Waals surface area (Å²) in [6.07, 6.45) is 5.03. The van der Waals surface area contributed by atoms with Gasteiger partial charge in [0.15, 0.2) is 14.9 Å². The van der Waals surface area contributed by atoms with Gasteiger partial charge in [-0.2, -0.15) is 5.10 Å². The molecule has 2 aliphatic heterocycles. The third-order valence-corrected chi connectivity index (χ3v) is 8.59. The SMILES string of the molecule is CC(=O)Nc1cc(Nc2cc(C3(CO)CCOC3)cc(S(C)(=O)=O)n2)c(-c2cccc3c2OCc2cnn(C)c2-3)cn1. The molecule has 0 bridgehead atoms. The monoisotopic (exact) mass is 590 g/mol. The number of carbonyl (C=O) groups excluding carboxylic acids is 1. The third-order valence-electron chi connectivity index (χ3n) is 7.62. The molecule has 2 aliphatic rings. The molecule has 42 heavy (non-hydrogen) atoms. The van der Waals surface area contributed by atoms with E-state index in [-0.39, 0.29) is 30.0 Å². The first-order valence-electron chi connectivity index (χ1n) is 13.3. The fourth-order valence-electron chi connectivity index (χ4n) is 5.45. The van der Waals surface area contributed by atoms with Crippen LogP contribution in [0, 0.1) is 0 Å². The molecular weight excluding hydrogens is 560 g/mol. The lowest BCUT2D eigenvalue weighted by Crippen LogP contribution is -2.31. The molecule has 0 spiro atoms. The van der Waals surface area contributed by atoms with Gasteiger partial charge in [-0.1, -0.05) is 12.1 Å². The Morgan fingerprint density at radius 3 is 2.67 bits per heavy atom. The standard InChI is InChI=1S/C29H30N6O6S/c1-17(37)32-24-11-23(33-25-9-19(10-26(34-25)42(3,38)39)29(15-36)7-8-40-16-29)22(13-30-24)20-5-4-6-21-27-18(12-31-35(27)2)14-41-28(20)21/h4-6,9-13,36H,7-8,14-16H2,1-3H3,(H2,30,32,33,34,37). The van der Waals surface area contributed by atoms with Gasteiger partial charge in [0.2, 0.25) is 5.91 Å². The molecule has 4 aromatic rings. The summed E-state index contributed by atoms with van der Waals surface area (Å²) in [6, 6.07) is 10.7. The lowest BCUT2D eigenvalue weighted by molar-refractivity contribution is -0.114. The highest BCUT2D eigenvalue weighted by atomic mass is 32.2. The number of anilines is 3. The smallest absolute Gasteiger partial charge is 0.222 e. The molecule has 218 valence electrons. The number of ether oxygens (including phenoxy) is 2. The van der Waals surface area contributed by atoms with Crippen LogP contribution in [0.1, 0.15) is 24.5 Å². The second kappa shape index (κ2) is 10.5. The Balaban J connectivity index is 1.51. The quantitative estimate of drug-likeness (QED) is 0.292. The van der Waals surface area contributed by atoms with Crippen molar-refractivity contribution in [1.29, 1.82) is 0 Å². The van der Waals surface area contributed by atoms with Gasteiger partial charge in [-0.3, -0.25) is 9.48 Å². The summed E-state index contributed by atoms with van der Waals surface area (Å²) in [7, 11) is -1.82. The van der Waals surface area contributed by atoms with Gasteiger partial charge in [0.1, 0.15) is 24.0 Å². The van der Waals surface area contributed by atoms with Gasteiger partial charge in [-0.05, 0) is 30.2 Å². The van der Waals surface area contributed by atoms with Crippen molar-refractivity contribution in [3.05, 3.63) is 59.9 Å². The van der Waals surface area contributed by atoms with E-state index in [1.165, 1.54) is 13.0 Å². The molecule has 5 heterocycles. The van der Waals surface area contributed by atoms with Crippen LogP contribution in [0.2, 0.25) is 0 Å². The summed E-state index contributed by atoms with van der Waals surface area (Å²) >= 11 is 0. The molecule has 1 aromatic carbocycles. The Labute approximate surface area is 242 Å². The van der Waals surface area contributed by atoms with E-state index in [9.17, 15) is 18.3 Å². The van der Waals surface area contributed by atoms with Crippen molar-refractivity contribution in [2.45, 2.75) is 30.4 Å². The molecule has 1 saturated heterocycles. The van der Waals surface area contributed by atoms with Crippen molar-refractivity contribution in [2.75, 3.05) is 36.7 Å². The van der Waals surface area contributed by atoms with Gasteiger partial charge in [0.05, 0.1) is 30.8 Å². The van der Waals surface area contributed by atoms with Crippen LogP contribution in [0.15, 0.2) is 53.8 Å². The van der Waals surface area contributed by atoms with E-state index in [1.807, 2.05) is 29.9 Å². The van der Waals surface area contributed by atoms with E-state index < -0.39 is 15.3 Å². The number of nitrogens with zero attached hydrogens (tertiary/aromatic N) is 4. The van der Waals surface area contributed by atoms with Crippen LogP contribution in [-0.4, -0.2) is 65.3 Å². The van der Waals surface area contributed by atoms with Crippen LogP contribution < -0.4 is 15.4 Å². The van der Waals surface area contributed by atoms with Crippen LogP contribution in [0.25, 0.3) is 22.4 Å². The number of fused-ring (bicyclic) bond motifs is 3. The average molecular weight is 591 g/mol. The maximum Gasteiger partial charge on any atom is 0.222 e. The number of hydrogen-bond acceptors (Lipinski definition) is 10. The van der Waals surface area contributed by atoms with E-state index in [4.69, 9.17) is 9.47 Å². The number of aromatic nitrogens is 4. The number of aryl methyl sites for hydroxylation is 1. The Bertz CT molecular complexity index is 1810. The van der Waals surface area contributed by atoms with E-state index in [1.54, 1.807) is 24.5 Å². The van der Waals surface area contributed by atoms with Gasteiger partial charge in [0.25, 0.3) is 0 Å². The molecule has 3 aromatic heterocycles. The van der Waals surface area contributed by atoms with Gasteiger partial charge in [-0.15, -0.1) is 0 Å². The zero-order valence-corrected chi connectivity index (χ0v) is 24.2. The molecule has 13 heteroatoms. The zero-order chi connectivity index (χ0) is 29.6. The summed E-state index contributed by atoms with van der Waals surface area (Å²) in [5.41, 5.74) is 4.53. The van der Waals surface area contributed by atoms with E-state index >= 15 is 0 Å². The van der Waals surface area contributed by atoms with E-state index in [0.717, 1.165) is 28.6 Å². The molecule has 1 amide bonds. The summed E-state index contributed by atoms with van der Waals surface area (Å²) in [5, 5.41) is 20.5. The number of sulfone groups is 1. The summed E-state index contributed by atoms with van der Waals surface area (Å²) in [5.74, 6) is 0.889. The molecule has 3 N–H and O–H groups in total. The van der Waals surface area contributed by atoms with Gasteiger partial charge in [-0.25, -0.2) is 18.4 Å². The number of hydrogen-bond donors (Lipinski definition) is 3. The molecule has 0 radical (unpaired) electrons. The number of aliphatic hydroxyl groups excluding tert-OH is 1. The van der Waals surface area contributed by atoms with Crippen molar-refractivity contribution in [3.8, 4) is 28.1 Å². The van der Waals surface area contributed by atoms with Crippen LogP contribution in [-0.2, 0) is 38.4 Å². The molecule has 1 atom stereocenters. The first-order valence-corrected chi connectivity index (χ1v) is 15.2. The molecule has 12 nitrogen and oxygen atoms in total. The number of carbonyl (C=O) groups is 1. The van der Waals surface area contributed by atoms with Crippen molar-refractivity contribution < 1.29 is 27.8 Å². The van der Waals surface area contributed by atoms with Gasteiger partial charge >= 0.3 is 0 Å². The average Bonchev–Trinajstić information content (AvgIpc) is 3.60. The minimum absolute atomic E-state index is 0.135. The Morgan fingerprint density at radius 2 is 1.95 bits per heavy atom. The summed E-state index contributed by atoms with van der Waals surface area (Å²) < 4.78 is 38.9. The third kappa shape index (κ3) is 4.99. The highest BCUT2D eigenvalue weighted by Crippen LogP contribution is 2.46. The predicted octanol–water partition coefficient (Wildman–Crippen LogP) is 3.19. The fourth-order valence-corrected chi connectivity index (χ4v) is 6.06. The number of rotatable bonds is 7. The largest absolute Gasteiger partial charge is 0.487 e. The number of amides is 1. The molecule has 1 unspecified atom stereocenters. The Hall–Kier alpha value is -4.33. The predicted molar refractivity (Wildman–Crippen MR) is 155 cm³/mol. The highest BCUT2D eigenvalue weighted by molar-refractivity contribution is 7.90. The Morgan fingerprint density at radius 1 is 1.14 bits per heavy atom. The number of benzene rings is 1. The molecule has 0 saturated carbocycles. The number of pyridine rings is 2. The maximum absolute atomic E-state index is 12.7. The lowest BCUT2D eigenvalue weighted by atomic mass is 9.81. The van der Waals surface area contributed by atoms with Crippen LogP contribution in [0.3, 0.4) is 0 Å². The zero-order valence-electron chi connectivity index (χ0n) is 23.3. The van der Waals surface area contributed by atoms with Crippen molar-refractivity contribution >= 4 is 33.1 Å². The normalized spacial score (nSPS) is 17.7. The molecule has 6 rings (SSSR count). The topological polar surface area (TPSA) is 158 Å². The fraction of sp³-hybridized carbons (Fsp3) is 0.310. The van der Waals surface area contributed by atoms with Crippen molar-refractivity contribution in [2.24, 2.45) is 7.05 Å². The summed E-state index contributed by atoms with van der Waals surface area (Å²) in [6.45, 7) is 2.23. The number of aliphatic hydroxyl groups is 1. The molecule has 0 aliphatic carbocycles. The number of nitrogens with one attached hydrogen (secondary N) is 2. The molecule has 1 fully saturated rings. The lowest BCUT2D eigenvalue weighted by Gasteiger charge is -2.26. The van der Waals surface area contributed by atoms with Crippen LogP contribution in [0.4, 0.5) is 17.3 Å². The van der Waals surface area contributed by atoms with Crippen molar-refractivity contribution in [1.82, 2.24) is 19.7 Å². The van der Waals surface area contributed by atoms with Gasteiger partial charge in [0, 0.05) is 66.8 Å². The Kier molecular flexibility index (Phi) is 6.95. The van der Waals surface area contributed by atoms with Crippen molar-refractivity contribution in [3.63, 3.8) is 0 Å². The van der Waals surface area contributed by atoms with Crippen LogP contribution in [0.5, 0.6) is 5.75 Å². The number of para-hydroxylation sites is 1. The second-order valence-electron chi connectivity index (χ2n) is 10.6. The van der Waals surface area contributed by atoms with E-state index in [2.05, 4.69) is 25.7 Å². The van der Waals surface area contributed by atoms with Gasteiger partial charge < -0.3 is 25.2 Å². The molecular formula is C29H30N6O6S. The highest BCUT2D eigenvalue weighted by Gasteiger charge is 2.37.